The first-order valence-corrected chi connectivity index (χ1v) is 8.02. The van der Waals surface area contributed by atoms with Gasteiger partial charge in [-0.05, 0) is 58.0 Å². The molecule has 1 aliphatic heterocycles. The van der Waals surface area contributed by atoms with Crippen LogP contribution in [0.5, 0.6) is 0 Å². The van der Waals surface area contributed by atoms with Crippen LogP contribution in [0, 0.1) is 11.8 Å². The number of rotatable bonds is 4. The Morgan fingerprint density at radius 1 is 1.11 bits per heavy atom. The minimum Gasteiger partial charge on any atom is -0.381 e. The summed E-state index contributed by atoms with van der Waals surface area (Å²) in [6.07, 6.45) is 6.40. The van der Waals surface area contributed by atoms with E-state index in [1.807, 2.05) is 0 Å². The third kappa shape index (κ3) is 3.71. The van der Waals surface area contributed by atoms with E-state index in [2.05, 4.69) is 38.2 Å². The second kappa shape index (κ2) is 6.55. The predicted molar refractivity (Wildman–Crippen MR) is 80.4 cm³/mol. The maximum absolute atomic E-state index is 5.54. The van der Waals surface area contributed by atoms with Crippen LogP contribution in [0.3, 0.4) is 0 Å². The molecule has 2 rings (SSSR count). The highest BCUT2D eigenvalue weighted by Crippen LogP contribution is 2.30. The predicted octanol–water partition coefficient (Wildman–Crippen LogP) is 2.51. The molecule has 0 aromatic heterocycles. The van der Waals surface area contributed by atoms with E-state index in [1.54, 1.807) is 0 Å². The number of nitrogens with zero attached hydrogens (tertiary/aromatic N) is 1. The summed E-state index contributed by atoms with van der Waals surface area (Å²) in [7, 11) is 4.44. The normalized spacial score (nSPS) is 35.5. The number of hydrogen-bond donors (Lipinski definition) is 1. The molecule has 1 heterocycles. The van der Waals surface area contributed by atoms with E-state index in [1.165, 1.54) is 19.3 Å². The summed E-state index contributed by atoms with van der Waals surface area (Å²) >= 11 is 0. The Kier molecular flexibility index (Phi) is 5.27. The highest BCUT2D eigenvalue weighted by molar-refractivity contribution is 4.93. The zero-order valence-electron chi connectivity index (χ0n) is 13.2. The van der Waals surface area contributed by atoms with E-state index >= 15 is 0 Å². The molecule has 3 atom stereocenters. The highest BCUT2D eigenvalue weighted by Gasteiger charge is 2.35. The molecule has 112 valence electrons. The lowest BCUT2D eigenvalue weighted by Crippen LogP contribution is -2.56. The Bertz CT molecular complexity index is 274. The molecular formula is C16H32N2O. The van der Waals surface area contributed by atoms with E-state index in [4.69, 9.17) is 4.74 Å². The summed E-state index contributed by atoms with van der Waals surface area (Å²) < 4.78 is 5.54. The number of likely N-dealkylation sites (N-methyl/N-ethyl adjacent to an activating group) is 1. The molecule has 1 aliphatic carbocycles. The van der Waals surface area contributed by atoms with Gasteiger partial charge < -0.3 is 15.0 Å². The van der Waals surface area contributed by atoms with Crippen molar-refractivity contribution in [2.45, 2.75) is 57.5 Å². The molecule has 0 aromatic carbocycles. The van der Waals surface area contributed by atoms with Crippen LogP contribution < -0.4 is 5.32 Å². The van der Waals surface area contributed by atoms with Crippen molar-refractivity contribution in [3.05, 3.63) is 0 Å². The third-order valence-corrected chi connectivity index (χ3v) is 5.69. The van der Waals surface area contributed by atoms with E-state index in [0.717, 1.165) is 50.5 Å². The van der Waals surface area contributed by atoms with Crippen molar-refractivity contribution in [1.82, 2.24) is 10.2 Å². The molecule has 2 aliphatic rings. The van der Waals surface area contributed by atoms with Crippen LogP contribution in [0.15, 0.2) is 0 Å². The van der Waals surface area contributed by atoms with Gasteiger partial charge in [0.05, 0.1) is 0 Å². The molecular weight excluding hydrogens is 236 g/mol. The molecule has 2 fully saturated rings. The maximum atomic E-state index is 5.54. The van der Waals surface area contributed by atoms with Crippen LogP contribution in [0.2, 0.25) is 0 Å². The minimum absolute atomic E-state index is 0.310. The highest BCUT2D eigenvalue weighted by atomic mass is 16.5. The van der Waals surface area contributed by atoms with Crippen LogP contribution >= 0.6 is 0 Å². The lowest BCUT2D eigenvalue weighted by molar-refractivity contribution is -0.00940. The van der Waals surface area contributed by atoms with Crippen molar-refractivity contribution in [3.8, 4) is 0 Å². The van der Waals surface area contributed by atoms with Gasteiger partial charge in [0, 0.05) is 31.3 Å². The Balaban J connectivity index is 1.85. The number of hydrogen-bond acceptors (Lipinski definition) is 3. The molecule has 1 N–H and O–H groups in total. The van der Waals surface area contributed by atoms with Gasteiger partial charge in [-0.25, -0.2) is 0 Å². The van der Waals surface area contributed by atoms with E-state index in [9.17, 15) is 0 Å². The third-order valence-electron chi connectivity index (χ3n) is 5.69. The molecule has 0 aromatic rings. The van der Waals surface area contributed by atoms with Crippen molar-refractivity contribution in [2.75, 3.05) is 33.9 Å². The minimum atomic E-state index is 0.310. The summed E-state index contributed by atoms with van der Waals surface area (Å²) in [6.45, 7) is 7.76. The molecule has 3 heteroatoms. The fraction of sp³-hybridized carbons (Fsp3) is 1.00. The zero-order chi connectivity index (χ0) is 13.9. The van der Waals surface area contributed by atoms with Gasteiger partial charge >= 0.3 is 0 Å². The largest absolute Gasteiger partial charge is 0.381 e. The molecule has 3 nitrogen and oxygen atoms in total. The van der Waals surface area contributed by atoms with E-state index < -0.39 is 0 Å². The van der Waals surface area contributed by atoms with Crippen molar-refractivity contribution in [3.63, 3.8) is 0 Å². The van der Waals surface area contributed by atoms with Gasteiger partial charge in [0.15, 0.2) is 0 Å². The molecule has 0 bridgehead atoms. The standard InChI is InChI=1S/C16H32N2O/c1-13-5-6-15(11-14(13)2)17-12-16(18(3)4)7-9-19-10-8-16/h13-15,17H,5-12H2,1-4H3/t13-,14+,15+/m1/s1. The lowest BCUT2D eigenvalue weighted by atomic mass is 9.78. The molecule has 0 amide bonds. The van der Waals surface area contributed by atoms with Gasteiger partial charge in [0.25, 0.3) is 0 Å². The van der Waals surface area contributed by atoms with Crippen LogP contribution in [0.4, 0.5) is 0 Å². The van der Waals surface area contributed by atoms with E-state index in [0.29, 0.717) is 5.54 Å². The first-order chi connectivity index (χ1) is 9.03. The second-order valence-electron chi connectivity index (χ2n) is 7.08. The Morgan fingerprint density at radius 2 is 1.79 bits per heavy atom. The molecule has 1 saturated heterocycles. The van der Waals surface area contributed by atoms with Crippen molar-refractivity contribution in [1.29, 1.82) is 0 Å². The van der Waals surface area contributed by atoms with Crippen LogP contribution in [0.1, 0.15) is 46.0 Å². The average Bonchev–Trinajstić information content (AvgIpc) is 2.41. The van der Waals surface area contributed by atoms with Gasteiger partial charge in [-0.2, -0.15) is 0 Å². The van der Waals surface area contributed by atoms with Gasteiger partial charge in [0.1, 0.15) is 0 Å². The molecule has 1 saturated carbocycles. The van der Waals surface area contributed by atoms with Gasteiger partial charge in [-0.3, -0.25) is 0 Å². The van der Waals surface area contributed by atoms with Gasteiger partial charge in [-0.15, -0.1) is 0 Å². The van der Waals surface area contributed by atoms with Crippen LogP contribution in [-0.4, -0.2) is 50.3 Å². The molecule has 0 spiro atoms. The molecule has 0 radical (unpaired) electrons. The van der Waals surface area contributed by atoms with E-state index in [-0.39, 0.29) is 0 Å². The number of nitrogens with one attached hydrogen (secondary N) is 1. The topological polar surface area (TPSA) is 24.5 Å². The summed E-state index contributed by atoms with van der Waals surface area (Å²) in [5.74, 6) is 1.78. The SMILES string of the molecule is C[C@@H]1CC[C@H](NCC2(N(C)C)CCOCC2)C[C@@H]1C. The first-order valence-electron chi connectivity index (χ1n) is 8.02. The summed E-state index contributed by atoms with van der Waals surface area (Å²) in [5.41, 5.74) is 0.310. The van der Waals surface area contributed by atoms with Crippen molar-refractivity contribution >= 4 is 0 Å². The Labute approximate surface area is 119 Å². The monoisotopic (exact) mass is 268 g/mol. The van der Waals surface area contributed by atoms with Crippen LogP contribution in [0.25, 0.3) is 0 Å². The van der Waals surface area contributed by atoms with Gasteiger partial charge in [-0.1, -0.05) is 13.8 Å². The quantitative estimate of drug-likeness (QED) is 0.848. The summed E-state index contributed by atoms with van der Waals surface area (Å²) in [6, 6.07) is 0.728. The first kappa shape index (κ1) is 15.3. The molecule has 19 heavy (non-hydrogen) atoms. The lowest BCUT2D eigenvalue weighted by Gasteiger charge is -2.44. The smallest absolute Gasteiger partial charge is 0.0484 e. The van der Waals surface area contributed by atoms with Crippen LogP contribution in [-0.2, 0) is 4.74 Å². The average molecular weight is 268 g/mol. The van der Waals surface area contributed by atoms with Crippen molar-refractivity contribution < 1.29 is 4.74 Å². The summed E-state index contributed by atoms with van der Waals surface area (Å²) in [5, 5.41) is 3.87. The zero-order valence-corrected chi connectivity index (χ0v) is 13.2. The van der Waals surface area contributed by atoms with Crippen molar-refractivity contribution in [2.24, 2.45) is 11.8 Å². The molecule has 0 unspecified atom stereocenters. The Morgan fingerprint density at radius 3 is 2.37 bits per heavy atom. The second-order valence-corrected chi connectivity index (χ2v) is 7.08. The van der Waals surface area contributed by atoms with Gasteiger partial charge in [0.2, 0.25) is 0 Å². The maximum Gasteiger partial charge on any atom is 0.0484 e. The number of ether oxygens (including phenoxy) is 1. The fourth-order valence-corrected chi connectivity index (χ4v) is 3.60. The summed E-state index contributed by atoms with van der Waals surface area (Å²) in [4.78, 5) is 2.41. The fourth-order valence-electron chi connectivity index (χ4n) is 3.60. The Hall–Kier alpha value is -0.120.